The highest BCUT2D eigenvalue weighted by Crippen LogP contribution is 2.54. The predicted molar refractivity (Wildman–Crippen MR) is 58.1 cm³/mol. The fourth-order valence-corrected chi connectivity index (χ4v) is 4.16. The maximum absolute atomic E-state index is 11.3. The summed E-state index contributed by atoms with van der Waals surface area (Å²) in [5.74, 6) is 0.747. The minimum atomic E-state index is 0.0584. The van der Waals surface area contributed by atoms with E-state index in [9.17, 15) is 4.79 Å². The van der Waals surface area contributed by atoms with E-state index in [-0.39, 0.29) is 5.41 Å². The number of carbonyl (C=O) groups excluding carboxylic acids is 1. The highest BCUT2D eigenvalue weighted by molar-refractivity contribution is 5.60. The van der Waals surface area contributed by atoms with Gasteiger partial charge in [-0.25, -0.2) is 0 Å². The number of rotatable bonds is 1. The zero-order valence-corrected chi connectivity index (χ0v) is 9.51. The van der Waals surface area contributed by atoms with E-state index in [0.717, 1.165) is 25.2 Å². The van der Waals surface area contributed by atoms with Crippen LogP contribution >= 0.6 is 0 Å². The molecule has 0 amide bonds. The van der Waals surface area contributed by atoms with Crippen molar-refractivity contribution in [3.8, 4) is 0 Å². The molecule has 0 spiro atoms. The molecule has 0 heterocycles. The number of hydrogen-bond acceptors (Lipinski definition) is 1. The summed E-state index contributed by atoms with van der Waals surface area (Å²) in [6, 6.07) is 0. The second-order valence-electron chi connectivity index (χ2n) is 6.19. The van der Waals surface area contributed by atoms with Gasteiger partial charge in [0.25, 0.3) is 0 Å². The molecule has 1 nitrogen and oxygen atoms in total. The maximum Gasteiger partial charge on any atom is 0.126 e. The van der Waals surface area contributed by atoms with Gasteiger partial charge in [-0.1, -0.05) is 26.7 Å². The third-order valence-electron chi connectivity index (χ3n) is 4.33. The Balaban J connectivity index is 2.27. The first-order chi connectivity index (χ1) is 6.58. The van der Waals surface area contributed by atoms with E-state index in [1.807, 2.05) is 0 Å². The van der Waals surface area contributed by atoms with Crippen molar-refractivity contribution in [2.45, 2.75) is 58.8 Å². The number of carbonyl (C=O) groups is 1. The molecule has 0 aromatic heterocycles. The summed E-state index contributed by atoms with van der Waals surface area (Å²) < 4.78 is 0. The van der Waals surface area contributed by atoms with Crippen LogP contribution in [0.3, 0.4) is 0 Å². The zero-order valence-electron chi connectivity index (χ0n) is 9.51. The Labute approximate surface area is 87.3 Å². The molecule has 2 aliphatic rings. The molecule has 2 fully saturated rings. The molecule has 2 saturated carbocycles. The Kier molecular flexibility index (Phi) is 2.45. The second kappa shape index (κ2) is 3.36. The Bertz CT molecular complexity index is 235. The molecular formula is C13H22O. The highest BCUT2D eigenvalue weighted by atomic mass is 16.1. The smallest absolute Gasteiger partial charge is 0.126 e. The summed E-state index contributed by atoms with van der Waals surface area (Å²) in [4.78, 5) is 11.3. The van der Waals surface area contributed by atoms with Crippen molar-refractivity contribution in [1.29, 1.82) is 0 Å². The summed E-state index contributed by atoms with van der Waals surface area (Å²) in [6.07, 6.45) is 10.0. The molecule has 0 radical (unpaired) electrons. The standard InChI is InChI=1S/C13H22O/c1-11-7-12(2)5-3-4-6-13(8-11,9-12)10-14/h10-11H,3-9H2,1-2H3. The van der Waals surface area contributed by atoms with Gasteiger partial charge in [0, 0.05) is 5.41 Å². The molecule has 14 heavy (non-hydrogen) atoms. The van der Waals surface area contributed by atoms with Crippen molar-refractivity contribution in [2.24, 2.45) is 16.7 Å². The minimum absolute atomic E-state index is 0.0584. The minimum Gasteiger partial charge on any atom is -0.303 e. The van der Waals surface area contributed by atoms with Gasteiger partial charge in [-0.15, -0.1) is 0 Å². The van der Waals surface area contributed by atoms with Crippen molar-refractivity contribution in [2.75, 3.05) is 0 Å². The highest BCUT2D eigenvalue weighted by Gasteiger charge is 2.45. The van der Waals surface area contributed by atoms with Crippen LogP contribution in [0.5, 0.6) is 0 Å². The summed E-state index contributed by atoms with van der Waals surface area (Å²) in [5.41, 5.74) is 0.526. The van der Waals surface area contributed by atoms with Gasteiger partial charge in [-0.2, -0.15) is 0 Å². The molecule has 3 unspecified atom stereocenters. The monoisotopic (exact) mass is 194 g/mol. The predicted octanol–water partition coefficient (Wildman–Crippen LogP) is 3.57. The van der Waals surface area contributed by atoms with Crippen molar-refractivity contribution in [3.05, 3.63) is 0 Å². The lowest BCUT2D eigenvalue weighted by Gasteiger charge is -2.44. The normalized spacial score (nSPS) is 48.3. The van der Waals surface area contributed by atoms with Crippen LogP contribution in [-0.2, 0) is 4.79 Å². The number of hydrogen-bond donors (Lipinski definition) is 0. The van der Waals surface area contributed by atoms with E-state index >= 15 is 0 Å². The summed E-state index contributed by atoms with van der Waals surface area (Å²) in [7, 11) is 0. The van der Waals surface area contributed by atoms with Crippen LogP contribution < -0.4 is 0 Å². The fourth-order valence-electron chi connectivity index (χ4n) is 4.16. The molecular weight excluding hydrogens is 172 g/mol. The number of aldehydes is 1. The van der Waals surface area contributed by atoms with Crippen LogP contribution in [0.4, 0.5) is 0 Å². The lowest BCUT2D eigenvalue weighted by atomic mass is 9.59. The van der Waals surface area contributed by atoms with E-state index in [1.54, 1.807) is 0 Å². The van der Waals surface area contributed by atoms with Gasteiger partial charge in [0.1, 0.15) is 6.29 Å². The van der Waals surface area contributed by atoms with Crippen LogP contribution in [-0.4, -0.2) is 6.29 Å². The summed E-state index contributed by atoms with van der Waals surface area (Å²) >= 11 is 0. The van der Waals surface area contributed by atoms with E-state index in [1.165, 1.54) is 32.0 Å². The summed E-state index contributed by atoms with van der Waals surface area (Å²) in [6.45, 7) is 4.72. The van der Waals surface area contributed by atoms with E-state index in [4.69, 9.17) is 0 Å². The molecule has 0 N–H and O–H groups in total. The van der Waals surface area contributed by atoms with E-state index < -0.39 is 0 Å². The van der Waals surface area contributed by atoms with Crippen LogP contribution in [0.25, 0.3) is 0 Å². The lowest BCUT2D eigenvalue weighted by Crippen LogP contribution is -2.37. The molecule has 0 aromatic rings. The van der Waals surface area contributed by atoms with E-state index in [0.29, 0.717) is 5.41 Å². The Morgan fingerprint density at radius 2 is 1.93 bits per heavy atom. The molecule has 1 heteroatoms. The first-order valence-corrected chi connectivity index (χ1v) is 6.04. The Morgan fingerprint density at radius 3 is 2.64 bits per heavy atom. The van der Waals surface area contributed by atoms with Gasteiger partial charge in [-0.05, 0) is 43.4 Å². The van der Waals surface area contributed by atoms with E-state index in [2.05, 4.69) is 13.8 Å². The first-order valence-electron chi connectivity index (χ1n) is 6.04. The van der Waals surface area contributed by atoms with Gasteiger partial charge in [0.05, 0.1) is 0 Å². The third-order valence-corrected chi connectivity index (χ3v) is 4.33. The first kappa shape index (κ1) is 10.2. The molecule has 0 aliphatic heterocycles. The molecule has 80 valence electrons. The Morgan fingerprint density at radius 1 is 1.21 bits per heavy atom. The molecule has 2 bridgehead atoms. The largest absolute Gasteiger partial charge is 0.303 e. The zero-order chi connectivity index (χ0) is 10.2. The molecule has 2 aliphatic carbocycles. The molecule has 3 atom stereocenters. The van der Waals surface area contributed by atoms with Gasteiger partial charge in [-0.3, -0.25) is 0 Å². The average Bonchev–Trinajstić information content (AvgIpc) is 2.22. The van der Waals surface area contributed by atoms with Crippen LogP contribution in [0.15, 0.2) is 0 Å². The molecule has 0 saturated heterocycles. The van der Waals surface area contributed by atoms with Crippen LogP contribution in [0, 0.1) is 16.7 Å². The SMILES string of the molecule is CC1CC2(C)CCCCC(C=O)(C1)C2. The van der Waals surface area contributed by atoms with Crippen molar-refractivity contribution < 1.29 is 4.79 Å². The summed E-state index contributed by atoms with van der Waals surface area (Å²) in [5, 5.41) is 0. The van der Waals surface area contributed by atoms with Gasteiger partial charge < -0.3 is 4.79 Å². The third kappa shape index (κ3) is 1.74. The van der Waals surface area contributed by atoms with Crippen LogP contribution in [0.2, 0.25) is 0 Å². The van der Waals surface area contributed by atoms with Crippen LogP contribution in [0.1, 0.15) is 58.8 Å². The lowest BCUT2D eigenvalue weighted by molar-refractivity contribution is -0.121. The average molecular weight is 194 g/mol. The quantitative estimate of drug-likeness (QED) is 0.583. The molecule has 2 rings (SSSR count). The van der Waals surface area contributed by atoms with Crippen molar-refractivity contribution in [1.82, 2.24) is 0 Å². The second-order valence-corrected chi connectivity index (χ2v) is 6.19. The number of fused-ring (bicyclic) bond motifs is 2. The topological polar surface area (TPSA) is 17.1 Å². The maximum atomic E-state index is 11.3. The van der Waals surface area contributed by atoms with Gasteiger partial charge in [0.2, 0.25) is 0 Å². The Hall–Kier alpha value is -0.330. The van der Waals surface area contributed by atoms with Gasteiger partial charge in [0.15, 0.2) is 0 Å². The fraction of sp³-hybridized carbons (Fsp3) is 0.923. The van der Waals surface area contributed by atoms with Crippen molar-refractivity contribution in [3.63, 3.8) is 0 Å². The molecule has 0 aromatic carbocycles. The van der Waals surface area contributed by atoms with Crippen molar-refractivity contribution >= 4 is 6.29 Å². The van der Waals surface area contributed by atoms with Gasteiger partial charge >= 0.3 is 0 Å².